The van der Waals surface area contributed by atoms with E-state index in [0.29, 0.717) is 5.02 Å². The highest BCUT2D eigenvalue weighted by Crippen LogP contribution is 2.19. The van der Waals surface area contributed by atoms with Crippen LogP contribution in [0.2, 0.25) is 5.02 Å². The quantitative estimate of drug-likeness (QED) is 0.931. The molecule has 0 aliphatic heterocycles. The molecule has 0 heterocycles. The number of carbonyl (C=O) groups excluding carboxylic acids is 1. The Labute approximate surface area is 135 Å². The first-order chi connectivity index (χ1) is 10.3. The molecule has 4 nitrogen and oxygen atoms in total. The van der Waals surface area contributed by atoms with Gasteiger partial charge in [0.15, 0.2) is 9.84 Å². The summed E-state index contributed by atoms with van der Waals surface area (Å²) in [6.45, 7) is 1.82. The summed E-state index contributed by atoms with van der Waals surface area (Å²) in [6.07, 6.45) is 1.09. The molecule has 0 fully saturated rings. The molecule has 0 saturated carbocycles. The molecule has 2 rings (SSSR count). The van der Waals surface area contributed by atoms with Crippen molar-refractivity contribution in [2.24, 2.45) is 0 Å². The Morgan fingerprint density at radius 1 is 1.09 bits per heavy atom. The van der Waals surface area contributed by atoms with Gasteiger partial charge in [0.1, 0.15) is 0 Å². The number of nitrogens with one attached hydrogen (secondary N) is 1. The van der Waals surface area contributed by atoms with Crippen LogP contribution in [0.3, 0.4) is 0 Å². The van der Waals surface area contributed by atoms with Gasteiger partial charge in [0.2, 0.25) is 0 Å². The SMILES string of the molecule is C[C@@H](NC(=O)c1ccccc1S(C)(=O)=O)c1ccc(Cl)cc1. The fraction of sp³-hybridized carbons (Fsp3) is 0.188. The summed E-state index contributed by atoms with van der Waals surface area (Å²) < 4.78 is 23.5. The predicted octanol–water partition coefficient (Wildman–Crippen LogP) is 3.23. The van der Waals surface area contributed by atoms with Crippen molar-refractivity contribution in [3.05, 3.63) is 64.7 Å². The van der Waals surface area contributed by atoms with Gasteiger partial charge in [-0.25, -0.2) is 8.42 Å². The molecular formula is C16H16ClNO3S. The summed E-state index contributed by atoms with van der Waals surface area (Å²) >= 11 is 5.83. The van der Waals surface area contributed by atoms with E-state index in [4.69, 9.17) is 11.6 Å². The molecule has 0 unspecified atom stereocenters. The topological polar surface area (TPSA) is 63.2 Å². The molecule has 0 spiro atoms. The van der Waals surface area contributed by atoms with Gasteiger partial charge in [0.05, 0.1) is 16.5 Å². The van der Waals surface area contributed by atoms with E-state index in [-0.39, 0.29) is 16.5 Å². The van der Waals surface area contributed by atoms with Crippen LogP contribution in [0.4, 0.5) is 0 Å². The van der Waals surface area contributed by atoms with Gasteiger partial charge in [-0.05, 0) is 36.8 Å². The minimum Gasteiger partial charge on any atom is -0.345 e. The highest BCUT2D eigenvalue weighted by molar-refractivity contribution is 7.90. The lowest BCUT2D eigenvalue weighted by Crippen LogP contribution is -2.28. The Morgan fingerprint density at radius 2 is 1.68 bits per heavy atom. The van der Waals surface area contributed by atoms with Gasteiger partial charge >= 0.3 is 0 Å². The van der Waals surface area contributed by atoms with Gasteiger partial charge in [-0.15, -0.1) is 0 Å². The standard InChI is InChI=1S/C16H16ClNO3S/c1-11(12-7-9-13(17)10-8-12)18-16(19)14-5-3-4-6-15(14)22(2,20)21/h3-11H,1-2H3,(H,18,19)/t11-/m1/s1. The van der Waals surface area contributed by atoms with Crippen molar-refractivity contribution in [1.82, 2.24) is 5.32 Å². The first-order valence-electron chi connectivity index (χ1n) is 6.64. The number of benzene rings is 2. The smallest absolute Gasteiger partial charge is 0.253 e. The number of rotatable bonds is 4. The van der Waals surface area contributed by atoms with Crippen molar-refractivity contribution in [3.63, 3.8) is 0 Å². The van der Waals surface area contributed by atoms with Crippen LogP contribution in [-0.2, 0) is 9.84 Å². The number of halogens is 1. The molecule has 2 aromatic rings. The van der Waals surface area contributed by atoms with Crippen LogP contribution in [-0.4, -0.2) is 20.6 Å². The molecule has 2 aromatic carbocycles. The molecule has 0 aromatic heterocycles. The van der Waals surface area contributed by atoms with Crippen LogP contribution in [0.5, 0.6) is 0 Å². The number of hydrogen-bond donors (Lipinski definition) is 1. The maximum Gasteiger partial charge on any atom is 0.253 e. The molecule has 0 aliphatic rings. The average Bonchev–Trinajstić information content (AvgIpc) is 2.47. The monoisotopic (exact) mass is 337 g/mol. The summed E-state index contributed by atoms with van der Waals surface area (Å²) in [6, 6.07) is 13.0. The number of amides is 1. The van der Waals surface area contributed by atoms with E-state index in [2.05, 4.69) is 5.32 Å². The number of carbonyl (C=O) groups is 1. The Bertz CT molecular complexity index is 785. The Morgan fingerprint density at radius 3 is 2.27 bits per heavy atom. The van der Waals surface area contributed by atoms with E-state index in [0.717, 1.165) is 11.8 Å². The lowest BCUT2D eigenvalue weighted by Gasteiger charge is -2.15. The van der Waals surface area contributed by atoms with E-state index in [1.165, 1.54) is 12.1 Å². The number of hydrogen-bond acceptors (Lipinski definition) is 3. The molecule has 6 heteroatoms. The van der Waals surface area contributed by atoms with Crippen LogP contribution in [0, 0.1) is 0 Å². The normalized spacial score (nSPS) is 12.7. The zero-order chi connectivity index (χ0) is 16.3. The molecule has 1 atom stereocenters. The maximum absolute atomic E-state index is 12.4. The van der Waals surface area contributed by atoms with E-state index in [1.54, 1.807) is 24.3 Å². The average molecular weight is 338 g/mol. The maximum atomic E-state index is 12.4. The molecule has 0 bridgehead atoms. The third-order valence-electron chi connectivity index (χ3n) is 3.25. The van der Waals surface area contributed by atoms with Crippen LogP contribution in [0.15, 0.2) is 53.4 Å². The zero-order valence-corrected chi connectivity index (χ0v) is 13.8. The van der Waals surface area contributed by atoms with Crippen molar-refractivity contribution < 1.29 is 13.2 Å². The molecule has 0 aliphatic carbocycles. The second-order valence-corrected chi connectivity index (χ2v) is 7.44. The van der Waals surface area contributed by atoms with E-state index < -0.39 is 15.7 Å². The molecular weight excluding hydrogens is 322 g/mol. The van der Waals surface area contributed by atoms with Crippen molar-refractivity contribution in [2.45, 2.75) is 17.9 Å². The van der Waals surface area contributed by atoms with Gasteiger partial charge in [0.25, 0.3) is 5.91 Å². The molecule has 1 amide bonds. The van der Waals surface area contributed by atoms with Crippen LogP contribution < -0.4 is 5.32 Å². The van der Waals surface area contributed by atoms with E-state index in [1.807, 2.05) is 19.1 Å². The third kappa shape index (κ3) is 3.87. The first-order valence-corrected chi connectivity index (χ1v) is 8.91. The summed E-state index contributed by atoms with van der Waals surface area (Å²) in [4.78, 5) is 12.4. The summed E-state index contributed by atoms with van der Waals surface area (Å²) in [5.41, 5.74) is 1.03. The van der Waals surface area contributed by atoms with Gasteiger partial charge in [-0.2, -0.15) is 0 Å². The highest BCUT2D eigenvalue weighted by atomic mass is 35.5. The molecule has 116 valence electrons. The van der Waals surface area contributed by atoms with Gasteiger partial charge < -0.3 is 5.32 Å². The van der Waals surface area contributed by atoms with Crippen molar-refractivity contribution in [1.29, 1.82) is 0 Å². The van der Waals surface area contributed by atoms with Crippen molar-refractivity contribution in [2.75, 3.05) is 6.26 Å². The molecule has 0 saturated heterocycles. The van der Waals surface area contributed by atoms with Crippen molar-refractivity contribution >= 4 is 27.3 Å². The van der Waals surface area contributed by atoms with E-state index >= 15 is 0 Å². The van der Waals surface area contributed by atoms with Gasteiger partial charge in [0, 0.05) is 11.3 Å². The van der Waals surface area contributed by atoms with Gasteiger partial charge in [-0.3, -0.25) is 4.79 Å². The Balaban J connectivity index is 2.25. The minimum absolute atomic E-state index is 0.0239. The molecule has 22 heavy (non-hydrogen) atoms. The second-order valence-electron chi connectivity index (χ2n) is 5.02. The van der Waals surface area contributed by atoms with Crippen LogP contribution in [0.25, 0.3) is 0 Å². The minimum atomic E-state index is -3.46. The fourth-order valence-corrected chi connectivity index (χ4v) is 3.10. The lowest BCUT2D eigenvalue weighted by atomic mass is 10.1. The highest BCUT2D eigenvalue weighted by Gasteiger charge is 2.19. The molecule has 0 radical (unpaired) electrons. The molecule has 1 N–H and O–H groups in total. The second kappa shape index (κ2) is 6.50. The predicted molar refractivity (Wildman–Crippen MR) is 86.9 cm³/mol. The van der Waals surface area contributed by atoms with E-state index in [9.17, 15) is 13.2 Å². The third-order valence-corrected chi connectivity index (χ3v) is 4.66. The van der Waals surface area contributed by atoms with Crippen LogP contribution in [0.1, 0.15) is 28.9 Å². The lowest BCUT2D eigenvalue weighted by molar-refractivity contribution is 0.0936. The van der Waals surface area contributed by atoms with Gasteiger partial charge in [-0.1, -0.05) is 35.9 Å². The summed E-state index contributed by atoms with van der Waals surface area (Å²) in [7, 11) is -3.46. The number of sulfone groups is 1. The largest absolute Gasteiger partial charge is 0.345 e. The fourth-order valence-electron chi connectivity index (χ4n) is 2.09. The Kier molecular flexibility index (Phi) is 4.88. The van der Waals surface area contributed by atoms with Crippen molar-refractivity contribution in [3.8, 4) is 0 Å². The zero-order valence-electron chi connectivity index (χ0n) is 12.2. The summed E-state index contributed by atoms with van der Waals surface area (Å²) in [5, 5.41) is 3.41. The Hall–Kier alpha value is -1.85. The van der Waals surface area contributed by atoms with Crippen LogP contribution >= 0.6 is 11.6 Å². The first kappa shape index (κ1) is 16.5. The summed E-state index contributed by atoms with van der Waals surface area (Å²) in [5.74, 6) is -0.427.